The Hall–Kier alpha value is -3.23. The van der Waals surface area contributed by atoms with Gasteiger partial charge in [-0.2, -0.15) is 0 Å². The number of nitrogens with zero attached hydrogens (tertiary/aromatic N) is 1. The zero-order valence-corrected chi connectivity index (χ0v) is 17.3. The van der Waals surface area contributed by atoms with Crippen molar-refractivity contribution in [3.8, 4) is 5.75 Å². The fourth-order valence-corrected chi connectivity index (χ4v) is 4.43. The minimum Gasteiger partial charge on any atom is -0.496 e. The Labute approximate surface area is 178 Å². The van der Waals surface area contributed by atoms with E-state index in [4.69, 9.17) is 14.1 Å². The van der Waals surface area contributed by atoms with Gasteiger partial charge in [-0.3, -0.25) is 4.79 Å². The van der Waals surface area contributed by atoms with E-state index in [0.29, 0.717) is 23.5 Å². The molecule has 3 heterocycles. The third-order valence-corrected chi connectivity index (χ3v) is 6.04. The van der Waals surface area contributed by atoms with Crippen LogP contribution >= 0.6 is 0 Å². The van der Waals surface area contributed by atoms with Crippen molar-refractivity contribution in [1.29, 1.82) is 0 Å². The quantitative estimate of drug-likeness (QED) is 0.431. The molecular weight excluding hydrogens is 399 g/mol. The van der Waals surface area contributed by atoms with E-state index >= 15 is 0 Å². The van der Waals surface area contributed by atoms with Gasteiger partial charge in [0, 0.05) is 5.39 Å². The molecule has 4 aromatic rings. The summed E-state index contributed by atoms with van der Waals surface area (Å²) in [5.74, 6) is 1.16. The van der Waals surface area contributed by atoms with Gasteiger partial charge in [-0.25, -0.2) is 9.37 Å². The molecule has 8 heteroatoms. The van der Waals surface area contributed by atoms with Crippen LogP contribution in [0.5, 0.6) is 5.75 Å². The van der Waals surface area contributed by atoms with Gasteiger partial charge >= 0.3 is 0 Å². The highest BCUT2D eigenvalue weighted by atomic mass is 19.1. The van der Waals surface area contributed by atoms with E-state index in [0.717, 1.165) is 49.4 Å². The molecule has 2 aromatic heterocycles. The molecule has 31 heavy (non-hydrogen) atoms. The fraction of sp³-hybridized carbons (Fsp3) is 0.304. The molecule has 1 fully saturated rings. The van der Waals surface area contributed by atoms with Crippen molar-refractivity contribution in [2.45, 2.75) is 13.1 Å². The first-order chi connectivity index (χ1) is 15.1. The predicted molar refractivity (Wildman–Crippen MR) is 114 cm³/mol. The van der Waals surface area contributed by atoms with E-state index in [1.807, 2.05) is 24.3 Å². The molecule has 0 spiro atoms. The highest BCUT2D eigenvalue weighted by Gasteiger charge is 2.25. The van der Waals surface area contributed by atoms with E-state index in [9.17, 15) is 9.18 Å². The number of benzene rings is 2. The summed E-state index contributed by atoms with van der Waals surface area (Å²) in [4.78, 5) is 22.9. The van der Waals surface area contributed by atoms with E-state index in [1.54, 1.807) is 19.2 Å². The lowest BCUT2D eigenvalue weighted by Gasteiger charge is -2.29. The monoisotopic (exact) mass is 424 g/mol. The van der Waals surface area contributed by atoms with Crippen LogP contribution in [0.4, 0.5) is 4.39 Å². The first-order valence-corrected chi connectivity index (χ1v) is 10.5. The zero-order chi connectivity index (χ0) is 21.4. The number of nitrogens with one attached hydrogen (secondary N) is 3. The molecule has 7 nitrogen and oxygen atoms in total. The van der Waals surface area contributed by atoms with Crippen molar-refractivity contribution in [2.24, 2.45) is 0 Å². The first-order valence-electron chi connectivity index (χ1n) is 10.5. The molecule has 5 rings (SSSR count). The van der Waals surface area contributed by atoms with Crippen LogP contribution in [0.25, 0.3) is 22.1 Å². The van der Waals surface area contributed by atoms with Crippen LogP contribution in [-0.2, 0) is 13.1 Å². The Morgan fingerprint density at radius 2 is 1.84 bits per heavy atom. The van der Waals surface area contributed by atoms with Crippen molar-refractivity contribution in [1.82, 2.24) is 9.97 Å². The maximum atomic E-state index is 13.6. The van der Waals surface area contributed by atoms with Gasteiger partial charge in [0.15, 0.2) is 5.82 Å². The number of H-pyrrole nitrogens is 1. The van der Waals surface area contributed by atoms with Crippen LogP contribution in [0.1, 0.15) is 11.4 Å². The number of quaternary nitrogens is 2. The van der Waals surface area contributed by atoms with Crippen LogP contribution < -0.4 is 20.1 Å². The molecule has 0 aliphatic carbocycles. The normalized spacial score (nSPS) is 19.2. The summed E-state index contributed by atoms with van der Waals surface area (Å²) in [6.07, 6.45) is 0. The maximum Gasteiger partial charge on any atom is 0.294 e. The number of hydrogen-bond acceptors (Lipinski definition) is 4. The Kier molecular flexibility index (Phi) is 5.17. The molecule has 3 N–H and O–H groups in total. The SMILES string of the molecule is COc1ccc(F)cc1C[NH+]1CC[NH+](Cc2nc3c(oc4ccccc43)c(=O)[nH]2)CC1. The lowest BCUT2D eigenvalue weighted by molar-refractivity contribution is -1.02. The molecule has 1 aliphatic rings. The van der Waals surface area contributed by atoms with Gasteiger partial charge in [-0.15, -0.1) is 0 Å². The molecule has 0 atom stereocenters. The number of ether oxygens (including phenoxy) is 1. The number of rotatable bonds is 5. The third-order valence-electron chi connectivity index (χ3n) is 6.04. The van der Waals surface area contributed by atoms with Crippen LogP contribution in [0.15, 0.2) is 51.7 Å². The minimum absolute atomic E-state index is 0.238. The van der Waals surface area contributed by atoms with Crippen molar-refractivity contribution < 1.29 is 23.3 Å². The smallest absolute Gasteiger partial charge is 0.294 e. The lowest BCUT2D eigenvalue weighted by atomic mass is 10.1. The van der Waals surface area contributed by atoms with Crippen molar-refractivity contribution in [2.75, 3.05) is 33.3 Å². The zero-order valence-electron chi connectivity index (χ0n) is 17.3. The van der Waals surface area contributed by atoms with Crippen LogP contribution in [-0.4, -0.2) is 43.3 Å². The standard InChI is InChI=1S/C23H23FN4O3/c1-30-18-7-6-16(24)12-15(18)13-27-8-10-28(11-9-27)14-20-25-21-17-4-2-3-5-19(17)31-22(21)23(29)26-20/h2-7,12H,8-11,13-14H2,1H3,(H,25,26,29)/p+2. The number of fused-ring (bicyclic) bond motifs is 3. The highest BCUT2D eigenvalue weighted by Crippen LogP contribution is 2.24. The largest absolute Gasteiger partial charge is 0.496 e. The number of aromatic nitrogens is 2. The Balaban J connectivity index is 1.28. The van der Waals surface area contributed by atoms with Crippen molar-refractivity contribution in [3.05, 3.63) is 70.0 Å². The molecule has 2 aromatic carbocycles. The van der Waals surface area contributed by atoms with Crippen LogP contribution in [0.2, 0.25) is 0 Å². The average molecular weight is 424 g/mol. The molecule has 0 unspecified atom stereocenters. The van der Waals surface area contributed by atoms with Gasteiger partial charge in [0.25, 0.3) is 5.56 Å². The van der Waals surface area contributed by atoms with Gasteiger partial charge in [0.2, 0.25) is 5.58 Å². The number of para-hydroxylation sites is 1. The molecule has 1 saturated heterocycles. The Morgan fingerprint density at radius 3 is 2.61 bits per heavy atom. The first kappa shape index (κ1) is 19.7. The Bertz CT molecular complexity index is 1290. The van der Waals surface area contributed by atoms with Gasteiger partial charge < -0.3 is 23.9 Å². The van der Waals surface area contributed by atoms with E-state index in [1.165, 1.54) is 15.9 Å². The summed E-state index contributed by atoms with van der Waals surface area (Å²) in [5.41, 5.74) is 2.22. The number of hydrogen-bond donors (Lipinski definition) is 3. The number of halogens is 1. The van der Waals surface area contributed by atoms with E-state index in [2.05, 4.69) is 4.98 Å². The van der Waals surface area contributed by atoms with Gasteiger partial charge in [-0.05, 0) is 30.3 Å². The molecular formula is C23H25FN4O3+2. The average Bonchev–Trinajstić information content (AvgIpc) is 3.15. The van der Waals surface area contributed by atoms with Gasteiger partial charge in [-0.1, -0.05) is 12.1 Å². The molecule has 1 aliphatic heterocycles. The number of piperazine rings is 1. The molecule has 160 valence electrons. The summed E-state index contributed by atoms with van der Waals surface area (Å²) in [5, 5.41) is 0.859. The summed E-state index contributed by atoms with van der Waals surface area (Å²) in [6.45, 7) is 5.19. The predicted octanol–water partition coefficient (Wildman–Crippen LogP) is 0.301. The number of aromatic amines is 1. The van der Waals surface area contributed by atoms with E-state index in [-0.39, 0.29) is 17.0 Å². The fourth-order valence-electron chi connectivity index (χ4n) is 4.43. The third kappa shape index (κ3) is 3.92. The number of furan rings is 1. The maximum absolute atomic E-state index is 13.6. The summed E-state index contributed by atoms with van der Waals surface area (Å²) in [7, 11) is 1.61. The van der Waals surface area contributed by atoms with Gasteiger partial charge in [0.05, 0.1) is 12.7 Å². The second-order valence-electron chi connectivity index (χ2n) is 8.10. The van der Waals surface area contributed by atoms with Crippen LogP contribution in [0, 0.1) is 5.82 Å². The molecule has 0 bridgehead atoms. The summed E-state index contributed by atoms with van der Waals surface area (Å²) >= 11 is 0. The molecule has 0 amide bonds. The van der Waals surface area contributed by atoms with Crippen molar-refractivity contribution >= 4 is 22.1 Å². The summed E-state index contributed by atoms with van der Waals surface area (Å²) < 4.78 is 24.7. The summed E-state index contributed by atoms with van der Waals surface area (Å²) in [6, 6.07) is 12.2. The second kappa shape index (κ2) is 8.13. The Morgan fingerprint density at radius 1 is 1.10 bits per heavy atom. The highest BCUT2D eigenvalue weighted by molar-refractivity contribution is 6.01. The lowest BCUT2D eigenvalue weighted by Crippen LogP contribution is -3.27. The van der Waals surface area contributed by atoms with E-state index < -0.39 is 0 Å². The molecule has 0 radical (unpaired) electrons. The van der Waals surface area contributed by atoms with Crippen molar-refractivity contribution in [3.63, 3.8) is 0 Å². The van der Waals surface area contributed by atoms with Gasteiger partial charge in [0.1, 0.15) is 61.9 Å². The van der Waals surface area contributed by atoms with Crippen LogP contribution in [0.3, 0.4) is 0 Å². The molecule has 0 saturated carbocycles. The second-order valence-corrected chi connectivity index (χ2v) is 8.10. The minimum atomic E-state index is -0.239. The number of methoxy groups -OCH3 is 1. The topological polar surface area (TPSA) is 77.0 Å².